The molecule has 0 saturated carbocycles. The van der Waals surface area contributed by atoms with E-state index in [9.17, 15) is 20.1 Å². The van der Waals surface area contributed by atoms with Crippen LogP contribution < -0.4 is 0 Å². The molecule has 12 nitrogen and oxygen atoms in total. The number of methoxy groups -OCH3 is 1. The number of halogens is 2. The van der Waals surface area contributed by atoms with Gasteiger partial charge in [-0.3, -0.25) is 0 Å². The molecule has 1 aliphatic rings. The van der Waals surface area contributed by atoms with Gasteiger partial charge in [-0.05, 0) is 28.1 Å². The van der Waals surface area contributed by atoms with Crippen LogP contribution in [0.1, 0.15) is 16.1 Å². The lowest BCUT2D eigenvalue weighted by Crippen LogP contribution is -2.68. The van der Waals surface area contributed by atoms with Gasteiger partial charge in [-0.15, -0.1) is 17.7 Å². The van der Waals surface area contributed by atoms with Crippen molar-refractivity contribution in [1.82, 2.24) is 29.8 Å². The smallest absolute Gasteiger partial charge is 0.354 e. The van der Waals surface area contributed by atoms with Gasteiger partial charge in [-0.1, -0.05) is 16.8 Å². The predicted octanol–water partition coefficient (Wildman–Crippen LogP) is 0.739. The van der Waals surface area contributed by atoms with Gasteiger partial charge >= 0.3 is 5.97 Å². The summed E-state index contributed by atoms with van der Waals surface area (Å²) in [5, 5.41) is 43.9. The van der Waals surface area contributed by atoms with Crippen molar-refractivity contribution in [1.29, 1.82) is 0 Å². The number of carbonyl (C=O) groups is 1. The van der Waals surface area contributed by atoms with Crippen LogP contribution in [0.2, 0.25) is 5.15 Å². The molecule has 0 bridgehead atoms. The number of nitrogens with zero attached hydrogens (tertiary/aromatic N) is 6. The predicted molar refractivity (Wildman–Crippen MR) is 120 cm³/mol. The van der Waals surface area contributed by atoms with E-state index in [1.54, 1.807) is 12.3 Å². The summed E-state index contributed by atoms with van der Waals surface area (Å²) < 4.78 is 14.4. The lowest BCUT2D eigenvalue weighted by Gasteiger charge is -2.51. The maximum absolute atomic E-state index is 12.1. The first-order valence-corrected chi connectivity index (χ1v) is 11.1. The second-order valence-electron chi connectivity index (χ2n) is 7.13. The van der Waals surface area contributed by atoms with Gasteiger partial charge in [-0.25, -0.2) is 19.1 Å². The van der Waals surface area contributed by atoms with Crippen LogP contribution in [0.15, 0.2) is 35.2 Å². The lowest BCUT2D eigenvalue weighted by atomic mass is 9.74. The van der Waals surface area contributed by atoms with E-state index in [0.29, 0.717) is 4.47 Å². The van der Waals surface area contributed by atoms with Crippen LogP contribution in [-0.4, -0.2) is 88.5 Å². The fraction of sp³-hybridized carbons (Fsp3) is 0.389. The third-order valence-corrected chi connectivity index (χ3v) is 6.41. The molecule has 1 aliphatic heterocycles. The number of thiol groups is 1. The molecule has 0 spiro atoms. The lowest BCUT2D eigenvalue weighted by molar-refractivity contribution is -0.213. The summed E-state index contributed by atoms with van der Waals surface area (Å²) in [7, 11) is 1.36. The van der Waals surface area contributed by atoms with Gasteiger partial charge in [-0.2, -0.15) is 5.10 Å². The molecule has 0 aliphatic carbocycles. The molecule has 3 aromatic rings. The first-order valence-electron chi connectivity index (χ1n) is 9.43. The minimum Gasteiger partial charge on any atom is -0.477 e. The number of aliphatic hydroxyl groups is 2. The molecule has 1 fully saturated rings. The minimum absolute atomic E-state index is 0.0412. The highest BCUT2D eigenvalue weighted by atomic mass is 79.9. The molecule has 4 rings (SSSR count). The van der Waals surface area contributed by atoms with Crippen molar-refractivity contribution in [2.75, 3.05) is 13.7 Å². The number of aromatic nitrogens is 6. The number of rotatable bonds is 6. The van der Waals surface area contributed by atoms with Crippen LogP contribution in [0, 0.1) is 0 Å². The molecule has 176 valence electrons. The molecule has 33 heavy (non-hydrogen) atoms. The average molecular weight is 562 g/mol. The van der Waals surface area contributed by atoms with E-state index in [0.717, 1.165) is 0 Å². The van der Waals surface area contributed by atoms with Crippen LogP contribution in [0.4, 0.5) is 0 Å². The van der Waals surface area contributed by atoms with Gasteiger partial charge in [0.25, 0.3) is 0 Å². The van der Waals surface area contributed by atoms with Crippen molar-refractivity contribution >= 4 is 46.1 Å². The third-order valence-electron chi connectivity index (χ3n) is 5.38. The topological polar surface area (TPSA) is 158 Å². The highest BCUT2D eigenvalue weighted by molar-refractivity contribution is 9.10. The number of hydrogen-bond donors (Lipinski definition) is 4. The van der Waals surface area contributed by atoms with Gasteiger partial charge < -0.3 is 24.8 Å². The second kappa shape index (κ2) is 9.29. The number of pyridine rings is 1. The molecule has 3 N–H and O–H groups in total. The zero-order chi connectivity index (χ0) is 23.9. The van der Waals surface area contributed by atoms with Gasteiger partial charge in [0.05, 0.1) is 12.8 Å². The number of aliphatic hydroxyl groups excluding tert-OH is 2. The molecule has 0 aromatic carbocycles. The van der Waals surface area contributed by atoms with Crippen molar-refractivity contribution in [3.8, 4) is 5.82 Å². The zero-order valence-electron chi connectivity index (χ0n) is 16.9. The van der Waals surface area contributed by atoms with Crippen LogP contribution in [0.3, 0.4) is 0 Å². The number of ether oxygens (including phenoxy) is 2. The summed E-state index contributed by atoms with van der Waals surface area (Å²) in [6.45, 7) is -0.587. The summed E-state index contributed by atoms with van der Waals surface area (Å²) in [5.41, 5.74) is -3.10. The third kappa shape index (κ3) is 3.95. The zero-order valence-corrected chi connectivity index (χ0v) is 20.1. The Kier molecular flexibility index (Phi) is 6.77. The van der Waals surface area contributed by atoms with Crippen molar-refractivity contribution in [2.45, 2.75) is 29.3 Å². The Morgan fingerprint density at radius 2 is 2.24 bits per heavy atom. The molecular formula is C18H18BrClN6O6S. The first kappa shape index (κ1) is 24.1. The fourth-order valence-corrected chi connectivity index (χ4v) is 4.99. The van der Waals surface area contributed by atoms with E-state index in [2.05, 4.69) is 49.0 Å². The van der Waals surface area contributed by atoms with Crippen molar-refractivity contribution in [2.24, 2.45) is 0 Å². The van der Waals surface area contributed by atoms with E-state index >= 15 is 0 Å². The molecule has 15 heteroatoms. The Hall–Kier alpha value is -2.07. The molecule has 0 radical (unpaired) electrons. The SMILES string of the molecule is CO[C@@H]1[C@H](S)O[C@@H](CO)[C@@H](O)[C@@]1(c1cc(Br)cnc1C(=O)O)n1cc(-n2ccc(Cl)n2)nn1. The molecule has 5 atom stereocenters. The summed E-state index contributed by atoms with van der Waals surface area (Å²) in [5.74, 6) is -1.12. The summed E-state index contributed by atoms with van der Waals surface area (Å²) in [6, 6.07) is 3.03. The van der Waals surface area contributed by atoms with Gasteiger partial charge in [0.15, 0.2) is 16.7 Å². The van der Waals surface area contributed by atoms with E-state index in [-0.39, 0.29) is 22.2 Å². The largest absolute Gasteiger partial charge is 0.477 e. The first-order chi connectivity index (χ1) is 15.7. The molecule has 3 aromatic heterocycles. The Bertz CT molecular complexity index is 1180. The van der Waals surface area contributed by atoms with E-state index in [4.69, 9.17) is 21.1 Å². The van der Waals surface area contributed by atoms with Crippen molar-refractivity contribution < 1.29 is 29.6 Å². The molecular weight excluding hydrogens is 544 g/mol. The molecule has 0 amide bonds. The number of aromatic carboxylic acids is 1. The van der Waals surface area contributed by atoms with Crippen LogP contribution in [0.25, 0.3) is 5.82 Å². The maximum atomic E-state index is 12.1. The van der Waals surface area contributed by atoms with Crippen molar-refractivity contribution in [3.63, 3.8) is 0 Å². The minimum atomic E-state index is -1.78. The quantitative estimate of drug-likeness (QED) is 0.316. The van der Waals surface area contributed by atoms with E-state index < -0.39 is 41.9 Å². The molecule has 0 unspecified atom stereocenters. The van der Waals surface area contributed by atoms with Gasteiger partial charge in [0, 0.05) is 29.5 Å². The normalized spacial score (nSPS) is 27.6. The fourth-order valence-electron chi connectivity index (χ4n) is 4.02. The van der Waals surface area contributed by atoms with Crippen LogP contribution >= 0.6 is 40.2 Å². The number of carboxylic acid groups (broad SMARTS) is 1. The van der Waals surface area contributed by atoms with Gasteiger partial charge in [0.1, 0.15) is 29.3 Å². The monoisotopic (exact) mass is 560 g/mol. The Morgan fingerprint density at radius 3 is 2.85 bits per heavy atom. The Labute approximate surface area is 205 Å². The summed E-state index contributed by atoms with van der Waals surface area (Å²) in [6.07, 6.45) is 0.495. The Balaban J connectivity index is 2.04. The average Bonchev–Trinajstić information content (AvgIpc) is 3.43. The van der Waals surface area contributed by atoms with Crippen LogP contribution in [0.5, 0.6) is 0 Å². The van der Waals surface area contributed by atoms with E-state index in [1.807, 2.05) is 0 Å². The number of hydrogen-bond acceptors (Lipinski definition) is 10. The Morgan fingerprint density at radius 1 is 1.48 bits per heavy atom. The molecule has 4 heterocycles. The van der Waals surface area contributed by atoms with Crippen molar-refractivity contribution in [3.05, 3.63) is 51.6 Å². The standard InChI is InChI=1S/C18H18BrClN6O6S/c1-31-15-17(33)32-10(7-27)14(28)18(15,9-4-8(19)5-21-13(9)16(29)30)26-6-12(22-24-26)25-3-2-11(20)23-25/h2-6,10,14-15,17,27-28,33H,7H2,1H3,(H,29,30)/t10-,14+,15+,17-,18+/m0/s1. The van der Waals surface area contributed by atoms with Gasteiger partial charge in [0.2, 0.25) is 0 Å². The van der Waals surface area contributed by atoms with E-state index in [1.165, 1.54) is 34.9 Å². The highest BCUT2D eigenvalue weighted by Crippen LogP contribution is 2.45. The second-order valence-corrected chi connectivity index (χ2v) is 8.95. The summed E-state index contributed by atoms with van der Waals surface area (Å²) >= 11 is 13.7. The summed E-state index contributed by atoms with van der Waals surface area (Å²) in [4.78, 5) is 16.2. The molecule has 1 saturated heterocycles. The number of carboxylic acids is 1. The maximum Gasteiger partial charge on any atom is 0.354 e. The highest BCUT2D eigenvalue weighted by Gasteiger charge is 2.60. The van der Waals surface area contributed by atoms with Crippen LogP contribution in [-0.2, 0) is 15.0 Å².